The van der Waals surface area contributed by atoms with E-state index in [-0.39, 0.29) is 17.9 Å². The fourth-order valence-corrected chi connectivity index (χ4v) is 4.27. The first-order chi connectivity index (χ1) is 13.5. The highest BCUT2D eigenvalue weighted by atomic mass is 32.1. The van der Waals surface area contributed by atoms with Crippen LogP contribution in [0.15, 0.2) is 23.6 Å². The van der Waals surface area contributed by atoms with Crippen LogP contribution in [0.2, 0.25) is 0 Å². The molecule has 0 spiro atoms. The number of hydrogen-bond donors (Lipinski definition) is 1. The number of carbonyl (C=O) groups is 1. The van der Waals surface area contributed by atoms with Gasteiger partial charge < -0.3 is 14.8 Å². The van der Waals surface area contributed by atoms with Gasteiger partial charge in [0.2, 0.25) is 5.91 Å². The number of nitrogens with one attached hydrogen (secondary N) is 1. The Morgan fingerprint density at radius 2 is 1.96 bits per heavy atom. The van der Waals surface area contributed by atoms with E-state index >= 15 is 0 Å². The lowest BCUT2D eigenvalue weighted by atomic mass is 9.95. The van der Waals surface area contributed by atoms with Gasteiger partial charge in [0, 0.05) is 29.4 Å². The monoisotopic (exact) mass is 403 g/mol. The molecule has 0 atom stereocenters. The third kappa shape index (κ3) is 5.02. The Bertz CT molecular complexity index is 798. The lowest BCUT2D eigenvalue weighted by Gasteiger charge is -2.31. The predicted octanol–water partition coefficient (Wildman–Crippen LogP) is 3.56. The summed E-state index contributed by atoms with van der Waals surface area (Å²) in [6, 6.07) is 6.07. The van der Waals surface area contributed by atoms with Gasteiger partial charge in [-0.05, 0) is 58.0 Å². The summed E-state index contributed by atoms with van der Waals surface area (Å²) in [5.41, 5.74) is 2.10. The molecule has 0 aliphatic carbocycles. The van der Waals surface area contributed by atoms with Gasteiger partial charge in [-0.15, -0.1) is 11.3 Å². The number of thiazole rings is 1. The van der Waals surface area contributed by atoms with Crippen molar-refractivity contribution in [2.45, 2.75) is 39.3 Å². The number of amides is 1. The minimum absolute atomic E-state index is 0.136. The van der Waals surface area contributed by atoms with Crippen LogP contribution in [0.3, 0.4) is 0 Å². The third-order valence-corrected chi connectivity index (χ3v) is 5.90. The van der Waals surface area contributed by atoms with Crippen LogP contribution in [0.25, 0.3) is 10.6 Å². The minimum atomic E-state index is 0.136. The molecule has 1 aromatic heterocycles. The summed E-state index contributed by atoms with van der Waals surface area (Å²) < 4.78 is 10.7. The number of aromatic nitrogens is 1. The zero-order chi connectivity index (χ0) is 20.1. The summed E-state index contributed by atoms with van der Waals surface area (Å²) in [4.78, 5) is 19.4. The summed E-state index contributed by atoms with van der Waals surface area (Å²) >= 11 is 1.64. The summed E-state index contributed by atoms with van der Waals surface area (Å²) in [7, 11) is 3.27. The summed E-state index contributed by atoms with van der Waals surface area (Å²) in [5.74, 6) is 1.75. The molecule has 1 fully saturated rings. The molecule has 1 aromatic carbocycles. The maximum Gasteiger partial charge on any atom is 0.223 e. The van der Waals surface area contributed by atoms with Gasteiger partial charge >= 0.3 is 0 Å². The highest BCUT2D eigenvalue weighted by Gasteiger charge is 2.25. The van der Waals surface area contributed by atoms with Gasteiger partial charge in [0.1, 0.15) is 5.01 Å². The van der Waals surface area contributed by atoms with Crippen molar-refractivity contribution in [1.29, 1.82) is 0 Å². The number of carbonyl (C=O) groups excluding carboxylic acids is 1. The fourth-order valence-electron chi connectivity index (χ4n) is 3.47. The number of benzene rings is 1. The van der Waals surface area contributed by atoms with Crippen molar-refractivity contribution in [2.24, 2.45) is 5.92 Å². The molecule has 0 unspecified atom stereocenters. The van der Waals surface area contributed by atoms with Gasteiger partial charge in [-0.1, -0.05) is 0 Å². The van der Waals surface area contributed by atoms with E-state index in [0.29, 0.717) is 11.5 Å². The molecule has 1 amide bonds. The van der Waals surface area contributed by atoms with Crippen LogP contribution < -0.4 is 14.8 Å². The molecule has 2 heterocycles. The minimum Gasteiger partial charge on any atom is -0.493 e. The van der Waals surface area contributed by atoms with E-state index in [1.54, 1.807) is 25.6 Å². The van der Waals surface area contributed by atoms with Crippen molar-refractivity contribution in [1.82, 2.24) is 15.2 Å². The van der Waals surface area contributed by atoms with Gasteiger partial charge in [-0.3, -0.25) is 9.69 Å². The molecule has 28 heavy (non-hydrogen) atoms. The molecular weight excluding hydrogens is 374 g/mol. The van der Waals surface area contributed by atoms with Crippen LogP contribution in [0, 0.1) is 5.92 Å². The average molecular weight is 404 g/mol. The molecule has 1 N–H and O–H groups in total. The lowest BCUT2D eigenvalue weighted by molar-refractivity contribution is -0.127. The highest BCUT2D eigenvalue weighted by Crippen LogP contribution is 2.33. The Kier molecular flexibility index (Phi) is 6.91. The first-order valence-corrected chi connectivity index (χ1v) is 10.6. The van der Waals surface area contributed by atoms with Crippen molar-refractivity contribution in [3.05, 3.63) is 29.3 Å². The fraction of sp³-hybridized carbons (Fsp3) is 0.524. The van der Waals surface area contributed by atoms with E-state index in [2.05, 4.69) is 15.6 Å². The smallest absolute Gasteiger partial charge is 0.223 e. The Morgan fingerprint density at radius 1 is 1.25 bits per heavy atom. The van der Waals surface area contributed by atoms with Crippen molar-refractivity contribution in [3.8, 4) is 22.1 Å². The SMILES string of the molecule is COc1ccc(-c2nc(CN3CCC(C(=O)NC(C)C)CC3)cs2)cc1OC. The average Bonchev–Trinajstić information content (AvgIpc) is 3.16. The van der Waals surface area contributed by atoms with Crippen molar-refractivity contribution in [2.75, 3.05) is 27.3 Å². The van der Waals surface area contributed by atoms with E-state index in [9.17, 15) is 4.79 Å². The Morgan fingerprint density at radius 3 is 2.61 bits per heavy atom. The lowest BCUT2D eigenvalue weighted by Crippen LogP contribution is -2.42. The maximum atomic E-state index is 12.2. The van der Waals surface area contributed by atoms with Crippen LogP contribution >= 0.6 is 11.3 Å². The van der Waals surface area contributed by atoms with Gasteiger partial charge in [0.05, 0.1) is 19.9 Å². The van der Waals surface area contributed by atoms with Crippen molar-refractivity contribution < 1.29 is 14.3 Å². The quantitative estimate of drug-likeness (QED) is 0.766. The molecule has 2 aromatic rings. The number of likely N-dealkylation sites (tertiary alicyclic amines) is 1. The number of piperidine rings is 1. The molecule has 0 radical (unpaired) electrons. The largest absolute Gasteiger partial charge is 0.493 e. The molecule has 1 aliphatic rings. The number of ether oxygens (including phenoxy) is 2. The van der Waals surface area contributed by atoms with Gasteiger partial charge in [-0.25, -0.2) is 4.98 Å². The molecule has 0 saturated carbocycles. The maximum absolute atomic E-state index is 12.2. The zero-order valence-corrected chi connectivity index (χ0v) is 17.8. The van der Waals surface area contributed by atoms with Gasteiger partial charge in [0.15, 0.2) is 11.5 Å². The topological polar surface area (TPSA) is 63.7 Å². The first kappa shape index (κ1) is 20.6. The van der Waals surface area contributed by atoms with E-state index in [4.69, 9.17) is 14.5 Å². The molecule has 1 saturated heterocycles. The molecule has 1 aliphatic heterocycles. The second-order valence-corrected chi connectivity index (χ2v) is 8.29. The zero-order valence-electron chi connectivity index (χ0n) is 17.0. The molecule has 7 heteroatoms. The first-order valence-electron chi connectivity index (χ1n) is 9.69. The van der Waals surface area contributed by atoms with Crippen LogP contribution in [0.5, 0.6) is 11.5 Å². The highest BCUT2D eigenvalue weighted by molar-refractivity contribution is 7.13. The van der Waals surface area contributed by atoms with Crippen LogP contribution in [-0.2, 0) is 11.3 Å². The van der Waals surface area contributed by atoms with Crippen molar-refractivity contribution >= 4 is 17.2 Å². The Hall–Kier alpha value is -2.12. The molecule has 3 rings (SSSR count). The summed E-state index contributed by atoms with van der Waals surface area (Å²) in [5, 5.41) is 6.12. The summed E-state index contributed by atoms with van der Waals surface area (Å²) in [6.07, 6.45) is 1.82. The van der Waals surface area contributed by atoms with Crippen LogP contribution in [0.4, 0.5) is 0 Å². The van der Waals surface area contributed by atoms with E-state index in [1.807, 2.05) is 32.0 Å². The standard InChI is InChI=1S/C21H29N3O3S/c1-14(2)22-20(25)15-7-9-24(10-8-15)12-17-13-28-21(23-17)16-5-6-18(26-3)19(11-16)27-4/h5-6,11,13-15H,7-10,12H2,1-4H3,(H,22,25). The Labute approximate surface area is 170 Å². The summed E-state index contributed by atoms with van der Waals surface area (Å²) in [6.45, 7) is 6.69. The van der Waals surface area contributed by atoms with E-state index < -0.39 is 0 Å². The molecular formula is C21H29N3O3S. The number of methoxy groups -OCH3 is 2. The second kappa shape index (κ2) is 9.39. The number of nitrogens with zero attached hydrogens (tertiary/aromatic N) is 2. The van der Waals surface area contributed by atoms with E-state index in [0.717, 1.165) is 48.7 Å². The third-order valence-electron chi connectivity index (χ3n) is 4.96. The normalized spacial score (nSPS) is 15.6. The number of rotatable bonds is 7. The Balaban J connectivity index is 1.58. The molecule has 6 nitrogen and oxygen atoms in total. The van der Waals surface area contributed by atoms with Crippen LogP contribution in [0.1, 0.15) is 32.4 Å². The second-order valence-electron chi connectivity index (χ2n) is 7.43. The van der Waals surface area contributed by atoms with Crippen LogP contribution in [-0.4, -0.2) is 49.1 Å². The van der Waals surface area contributed by atoms with Gasteiger partial charge in [0.25, 0.3) is 0 Å². The van der Waals surface area contributed by atoms with Crippen molar-refractivity contribution in [3.63, 3.8) is 0 Å². The predicted molar refractivity (Wildman–Crippen MR) is 112 cm³/mol. The van der Waals surface area contributed by atoms with Gasteiger partial charge in [-0.2, -0.15) is 0 Å². The molecule has 0 bridgehead atoms. The number of hydrogen-bond acceptors (Lipinski definition) is 6. The van der Waals surface area contributed by atoms with E-state index in [1.165, 1.54) is 0 Å². The molecule has 152 valence electrons.